The quantitative estimate of drug-likeness (QED) is 0.455. The van der Waals surface area contributed by atoms with Crippen LogP contribution >= 0.6 is 0 Å². The minimum absolute atomic E-state index is 0.0186. The first-order chi connectivity index (χ1) is 15.4. The number of aliphatic imine (C=N–C) groups is 1. The highest BCUT2D eigenvalue weighted by Crippen LogP contribution is 2.25. The summed E-state index contributed by atoms with van der Waals surface area (Å²) in [5.41, 5.74) is 1.27. The molecule has 1 unspecified atom stereocenters. The van der Waals surface area contributed by atoms with Crippen LogP contribution in [0.15, 0.2) is 29.3 Å². The summed E-state index contributed by atoms with van der Waals surface area (Å²) in [7, 11) is 1.87. The van der Waals surface area contributed by atoms with Gasteiger partial charge in [-0.05, 0) is 49.3 Å². The lowest BCUT2D eigenvalue weighted by Gasteiger charge is -2.36. The van der Waals surface area contributed by atoms with Gasteiger partial charge in [0.25, 0.3) is 0 Å². The normalized spacial score (nSPS) is 20.8. The molecular weight excluding hydrogens is 402 g/mol. The lowest BCUT2D eigenvalue weighted by molar-refractivity contribution is -0.0367. The highest BCUT2D eigenvalue weighted by molar-refractivity contribution is 5.80. The number of rotatable bonds is 9. The number of nitrogens with zero attached hydrogens (tertiary/aromatic N) is 2. The second kappa shape index (κ2) is 11.9. The van der Waals surface area contributed by atoms with Gasteiger partial charge in [0.1, 0.15) is 5.75 Å². The van der Waals surface area contributed by atoms with E-state index in [2.05, 4.69) is 67.2 Å². The highest BCUT2D eigenvalue weighted by Gasteiger charge is 2.26. The van der Waals surface area contributed by atoms with E-state index in [1.807, 2.05) is 7.05 Å². The van der Waals surface area contributed by atoms with E-state index in [4.69, 9.17) is 14.2 Å². The van der Waals surface area contributed by atoms with E-state index in [1.165, 1.54) is 12.0 Å². The molecule has 0 aromatic heterocycles. The van der Waals surface area contributed by atoms with E-state index < -0.39 is 0 Å². The maximum Gasteiger partial charge on any atom is 0.193 e. The van der Waals surface area contributed by atoms with Gasteiger partial charge >= 0.3 is 0 Å². The van der Waals surface area contributed by atoms with Gasteiger partial charge < -0.3 is 24.4 Å². The molecule has 1 aromatic rings. The van der Waals surface area contributed by atoms with Crippen molar-refractivity contribution < 1.29 is 14.2 Å². The van der Waals surface area contributed by atoms with E-state index in [1.54, 1.807) is 0 Å². The van der Waals surface area contributed by atoms with Crippen LogP contribution in [-0.4, -0.2) is 69.6 Å². The SMILES string of the molecule is CN=C(NCC(C)(C)c1ccc(OCC(C)C)cc1)N1CCC(OCC2CCCO2)CC1. The summed E-state index contributed by atoms with van der Waals surface area (Å²) in [6.07, 6.45) is 5.02. The van der Waals surface area contributed by atoms with Crippen LogP contribution in [0.1, 0.15) is 58.9 Å². The van der Waals surface area contributed by atoms with Gasteiger partial charge in [0.05, 0.1) is 25.4 Å². The van der Waals surface area contributed by atoms with Gasteiger partial charge in [0, 0.05) is 38.7 Å². The highest BCUT2D eigenvalue weighted by atomic mass is 16.5. The molecule has 6 heteroatoms. The van der Waals surface area contributed by atoms with Crippen molar-refractivity contribution in [3.05, 3.63) is 29.8 Å². The summed E-state index contributed by atoms with van der Waals surface area (Å²) in [6.45, 7) is 14.0. The van der Waals surface area contributed by atoms with Crippen molar-refractivity contribution >= 4 is 5.96 Å². The Labute approximate surface area is 194 Å². The monoisotopic (exact) mass is 445 g/mol. The first kappa shape index (κ1) is 24.8. The molecule has 0 saturated carbocycles. The first-order valence-electron chi connectivity index (χ1n) is 12.3. The number of ether oxygens (including phenoxy) is 3. The molecule has 1 aromatic carbocycles. The second-order valence-corrected chi connectivity index (χ2v) is 10.2. The fraction of sp³-hybridized carbons (Fsp3) is 0.731. The van der Waals surface area contributed by atoms with Crippen molar-refractivity contribution in [2.24, 2.45) is 10.9 Å². The molecule has 0 bridgehead atoms. The van der Waals surface area contributed by atoms with E-state index in [9.17, 15) is 0 Å². The molecule has 0 spiro atoms. The Hall–Kier alpha value is -1.79. The summed E-state index contributed by atoms with van der Waals surface area (Å²) in [5.74, 6) is 2.44. The van der Waals surface area contributed by atoms with Gasteiger partial charge in [-0.15, -0.1) is 0 Å². The number of hydrogen-bond acceptors (Lipinski definition) is 4. The molecule has 3 rings (SSSR count). The minimum Gasteiger partial charge on any atom is -0.493 e. The molecule has 2 heterocycles. The van der Waals surface area contributed by atoms with E-state index in [-0.39, 0.29) is 5.41 Å². The van der Waals surface area contributed by atoms with Crippen molar-refractivity contribution in [1.82, 2.24) is 10.2 Å². The molecule has 6 nitrogen and oxygen atoms in total. The lowest BCUT2D eigenvalue weighted by Crippen LogP contribution is -2.49. The van der Waals surface area contributed by atoms with Crippen LogP contribution in [0.25, 0.3) is 0 Å². The zero-order valence-corrected chi connectivity index (χ0v) is 20.7. The van der Waals surface area contributed by atoms with Crippen molar-refractivity contribution in [2.45, 2.75) is 71.0 Å². The Bertz CT molecular complexity index is 704. The van der Waals surface area contributed by atoms with Crippen molar-refractivity contribution in [2.75, 3.05) is 46.5 Å². The zero-order chi connectivity index (χ0) is 23.0. The van der Waals surface area contributed by atoms with E-state index in [0.29, 0.717) is 18.1 Å². The topological polar surface area (TPSA) is 55.3 Å². The average Bonchev–Trinajstić information content (AvgIpc) is 3.31. The van der Waals surface area contributed by atoms with Crippen LogP contribution in [0, 0.1) is 5.92 Å². The Morgan fingerprint density at radius 3 is 2.50 bits per heavy atom. The molecule has 2 saturated heterocycles. The van der Waals surface area contributed by atoms with Crippen LogP contribution in [0.2, 0.25) is 0 Å². The van der Waals surface area contributed by atoms with Gasteiger partial charge in [-0.2, -0.15) is 0 Å². The number of nitrogens with one attached hydrogen (secondary N) is 1. The van der Waals surface area contributed by atoms with Crippen LogP contribution in [0.5, 0.6) is 5.75 Å². The van der Waals surface area contributed by atoms with Gasteiger partial charge in [-0.1, -0.05) is 39.8 Å². The molecule has 180 valence electrons. The van der Waals surface area contributed by atoms with Gasteiger partial charge in [0.15, 0.2) is 5.96 Å². The summed E-state index contributed by atoms with van der Waals surface area (Å²) >= 11 is 0. The fourth-order valence-electron chi connectivity index (χ4n) is 4.25. The number of likely N-dealkylation sites (tertiary alicyclic amines) is 1. The smallest absolute Gasteiger partial charge is 0.193 e. The van der Waals surface area contributed by atoms with Crippen LogP contribution in [0.4, 0.5) is 0 Å². The summed E-state index contributed by atoms with van der Waals surface area (Å²) in [5, 5.41) is 3.61. The predicted molar refractivity (Wildman–Crippen MR) is 131 cm³/mol. The Kier molecular flexibility index (Phi) is 9.23. The number of guanidine groups is 1. The van der Waals surface area contributed by atoms with E-state index >= 15 is 0 Å². The Balaban J connectivity index is 1.44. The van der Waals surface area contributed by atoms with Crippen LogP contribution in [0.3, 0.4) is 0 Å². The average molecular weight is 446 g/mol. The molecule has 0 radical (unpaired) electrons. The number of hydrogen-bond donors (Lipinski definition) is 1. The Morgan fingerprint density at radius 1 is 1.19 bits per heavy atom. The largest absolute Gasteiger partial charge is 0.493 e. The third kappa shape index (κ3) is 7.38. The first-order valence-corrected chi connectivity index (χ1v) is 12.3. The zero-order valence-electron chi connectivity index (χ0n) is 20.7. The molecule has 2 fully saturated rings. The summed E-state index contributed by atoms with van der Waals surface area (Å²) < 4.78 is 17.6. The Morgan fingerprint density at radius 2 is 1.91 bits per heavy atom. The molecule has 2 aliphatic heterocycles. The van der Waals surface area contributed by atoms with Crippen molar-refractivity contribution in [3.8, 4) is 5.75 Å². The van der Waals surface area contributed by atoms with Crippen molar-refractivity contribution in [1.29, 1.82) is 0 Å². The van der Waals surface area contributed by atoms with E-state index in [0.717, 1.165) is 70.4 Å². The molecular formula is C26H43N3O3. The van der Waals surface area contributed by atoms with Crippen molar-refractivity contribution in [3.63, 3.8) is 0 Å². The maximum atomic E-state index is 6.12. The van der Waals surface area contributed by atoms with Gasteiger partial charge in [-0.3, -0.25) is 4.99 Å². The molecule has 2 aliphatic rings. The molecule has 0 amide bonds. The second-order valence-electron chi connectivity index (χ2n) is 10.2. The summed E-state index contributed by atoms with van der Waals surface area (Å²) in [6, 6.07) is 8.51. The minimum atomic E-state index is -0.0186. The molecule has 1 atom stereocenters. The maximum absolute atomic E-state index is 6.12. The molecule has 0 aliphatic carbocycles. The molecule has 1 N–H and O–H groups in total. The van der Waals surface area contributed by atoms with Crippen LogP contribution < -0.4 is 10.1 Å². The standard InChI is InChI=1S/C26H43N3O3/c1-20(2)17-31-22-10-8-21(9-11-22)26(3,4)19-28-25(27-5)29-14-12-23(13-15-29)32-18-24-7-6-16-30-24/h8-11,20,23-24H,6-7,12-19H2,1-5H3,(H,27,28). The molecule has 32 heavy (non-hydrogen) atoms. The van der Waals surface area contributed by atoms with Gasteiger partial charge in [0.2, 0.25) is 0 Å². The third-order valence-electron chi connectivity index (χ3n) is 6.40. The van der Waals surface area contributed by atoms with Gasteiger partial charge in [-0.25, -0.2) is 0 Å². The number of benzene rings is 1. The fourth-order valence-corrected chi connectivity index (χ4v) is 4.25. The lowest BCUT2D eigenvalue weighted by atomic mass is 9.84. The predicted octanol–water partition coefficient (Wildman–Crippen LogP) is 4.23. The van der Waals surface area contributed by atoms with Crippen LogP contribution in [-0.2, 0) is 14.9 Å². The third-order valence-corrected chi connectivity index (χ3v) is 6.40. The number of piperidine rings is 1. The summed E-state index contributed by atoms with van der Waals surface area (Å²) in [4.78, 5) is 6.90.